The Hall–Kier alpha value is -2.65. The van der Waals surface area contributed by atoms with E-state index in [0.717, 1.165) is 12.8 Å². The maximum absolute atomic E-state index is 12.8. The molecule has 2 aromatic heterocycles. The smallest absolute Gasteiger partial charge is 0.283 e. The number of carbonyl (C=O) groups excluding carboxylic acids is 3. The van der Waals surface area contributed by atoms with Crippen LogP contribution in [0.5, 0.6) is 0 Å². The molecule has 0 aliphatic heterocycles. The van der Waals surface area contributed by atoms with Gasteiger partial charge in [0, 0.05) is 12.4 Å². The quantitative estimate of drug-likeness (QED) is 0.316. The molecule has 30 heavy (non-hydrogen) atoms. The van der Waals surface area contributed by atoms with Crippen LogP contribution in [0, 0.1) is 11.8 Å². The monoisotopic (exact) mass is 438 g/mol. The molecule has 2 atom stereocenters. The van der Waals surface area contributed by atoms with Crippen LogP contribution in [0.15, 0.2) is 29.1 Å². The highest BCUT2D eigenvalue weighted by molar-refractivity contribution is 6.30. The van der Waals surface area contributed by atoms with Gasteiger partial charge in [-0.15, -0.1) is 0 Å². The molecule has 2 amide bonds. The molecule has 2 N–H and O–H groups in total. The molecule has 0 aliphatic rings. The van der Waals surface area contributed by atoms with Gasteiger partial charge in [0.2, 0.25) is 18.2 Å². The van der Waals surface area contributed by atoms with E-state index in [9.17, 15) is 19.6 Å². The first-order chi connectivity index (χ1) is 14.3. The van der Waals surface area contributed by atoms with E-state index in [1.807, 2.05) is 20.8 Å². The fraction of sp³-hybridized carbons (Fsp3) is 0.500. The topological polar surface area (TPSA) is 118 Å². The molecule has 0 spiro atoms. The zero-order valence-corrected chi connectivity index (χ0v) is 18.0. The van der Waals surface area contributed by atoms with E-state index >= 15 is 0 Å². The van der Waals surface area contributed by atoms with Crippen molar-refractivity contribution in [2.45, 2.75) is 46.1 Å². The number of unbranched alkanes of at least 4 members (excludes halogenated alkanes) is 1. The molecule has 2 aromatic rings. The Morgan fingerprint density at radius 3 is 2.73 bits per heavy atom. The highest BCUT2D eigenvalue weighted by Crippen LogP contribution is 2.23. The molecular weight excluding hydrogens is 412 g/mol. The van der Waals surface area contributed by atoms with Gasteiger partial charge in [-0.2, -0.15) is 0 Å². The van der Waals surface area contributed by atoms with Crippen LogP contribution in [0.3, 0.4) is 0 Å². The molecule has 2 heterocycles. The molecule has 0 aromatic carbocycles. The van der Waals surface area contributed by atoms with Crippen molar-refractivity contribution in [1.29, 1.82) is 0 Å². The van der Waals surface area contributed by atoms with Crippen LogP contribution in [0.2, 0.25) is 5.02 Å². The van der Waals surface area contributed by atoms with E-state index in [2.05, 4.69) is 10.3 Å². The molecule has 0 saturated carbocycles. The van der Waals surface area contributed by atoms with Crippen molar-refractivity contribution in [2.24, 2.45) is 11.8 Å². The third-order valence-electron chi connectivity index (χ3n) is 4.67. The average molecular weight is 439 g/mol. The van der Waals surface area contributed by atoms with Crippen molar-refractivity contribution in [2.75, 3.05) is 6.54 Å². The lowest BCUT2D eigenvalue weighted by molar-refractivity contribution is -0.154. The summed E-state index contributed by atoms with van der Waals surface area (Å²) < 4.78 is 6.79. The minimum atomic E-state index is -0.584. The molecule has 0 unspecified atom stereocenters. The van der Waals surface area contributed by atoms with Gasteiger partial charge in [-0.05, 0) is 18.4 Å². The molecule has 2 rings (SSSR count). The zero-order chi connectivity index (χ0) is 22.3. The SMILES string of the molecule is CCCC[C@H](CN(O)C=O)C(=O)N[C@H](c1nc(C(=O)n2ccc(Cl)c2)co1)C(C)C. The van der Waals surface area contributed by atoms with E-state index in [4.69, 9.17) is 16.0 Å². The van der Waals surface area contributed by atoms with E-state index in [1.165, 1.54) is 23.2 Å². The molecule has 0 fully saturated rings. The average Bonchev–Trinajstić information content (AvgIpc) is 3.37. The normalized spacial score (nSPS) is 13.1. The van der Waals surface area contributed by atoms with Crippen LogP contribution in [-0.4, -0.2) is 44.6 Å². The van der Waals surface area contributed by atoms with Crippen molar-refractivity contribution in [3.05, 3.63) is 41.3 Å². The lowest BCUT2D eigenvalue weighted by atomic mass is 9.98. The summed E-state index contributed by atoms with van der Waals surface area (Å²) in [6.07, 6.45) is 6.66. The number of amides is 2. The molecule has 164 valence electrons. The summed E-state index contributed by atoms with van der Waals surface area (Å²) in [5.41, 5.74) is 0.0854. The van der Waals surface area contributed by atoms with Gasteiger partial charge in [0.05, 0.1) is 17.5 Å². The number of nitrogens with zero attached hydrogens (tertiary/aromatic N) is 3. The fourth-order valence-electron chi connectivity index (χ4n) is 2.97. The Morgan fingerprint density at radius 2 is 2.17 bits per heavy atom. The maximum Gasteiger partial charge on any atom is 0.283 e. The third kappa shape index (κ3) is 6.17. The lowest BCUT2D eigenvalue weighted by Gasteiger charge is -2.24. The Labute approximate surface area is 180 Å². The van der Waals surface area contributed by atoms with Crippen LogP contribution in [0.25, 0.3) is 0 Å². The number of rotatable bonds is 11. The van der Waals surface area contributed by atoms with Gasteiger partial charge in [0.1, 0.15) is 12.3 Å². The van der Waals surface area contributed by atoms with E-state index in [1.54, 1.807) is 6.07 Å². The highest BCUT2D eigenvalue weighted by Gasteiger charge is 2.29. The van der Waals surface area contributed by atoms with Crippen molar-refractivity contribution in [1.82, 2.24) is 19.9 Å². The van der Waals surface area contributed by atoms with Gasteiger partial charge in [-0.3, -0.25) is 24.2 Å². The lowest BCUT2D eigenvalue weighted by Crippen LogP contribution is -2.40. The van der Waals surface area contributed by atoms with E-state index in [0.29, 0.717) is 16.5 Å². The summed E-state index contributed by atoms with van der Waals surface area (Å²) in [4.78, 5) is 40.3. The largest absolute Gasteiger partial charge is 0.446 e. The van der Waals surface area contributed by atoms with Crippen LogP contribution in [-0.2, 0) is 9.59 Å². The van der Waals surface area contributed by atoms with Crippen molar-refractivity contribution < 1.29 is 24.0 Å². The van der Waals surface area contributed by atoms with Crippen molar-refractivity contribution in [3.8, 4) is 0 Å². The second kappa shape index (κ2) is 10.9. The Kier molecular flexibility index (Phi) is 8.61. The van der Waals surface area contributed by atoms with E-state index in [-0.39, 0.29) is 36.4 Å². The van der Waals surface area contributed by atoms with Gasteiger partial charge >= 0.3 is 0 Å². The zero-order valence-electron chi connectivity index (χ0n) is 17.2. The van der Waals surface area contributed by atoms with Crippen LogP contribution < -0.4 is 5.32 Å². The summed E-state index contributed by atoms with van der Waals surface area (Å²) in [6, 6.07) is 0.998. The molecule has 0 aliphatic carbocycles. The molecule has 0 radical (unpaired) electrons. The number of hydroxylamine groups is 2. The predicted octanol–water partition coefficient (Wildman–Crippen LogP) is 3.29. The summed E-state index contributed by atoms with van der Waals surface area (Å²) in [5, 5.41) is 13.3. The summed E-state index contributed by atoms with van der Waals surface area (Å²) in [7, 11) is 0. The third-order valence-corrected chi connectivity index (χ3v) is 4.89. The highest BCUT2D eigenvalue weighted by atomic mass is 35.5. The Morgan fingerprint density at radius 1 is 1.43 bits per heavy atom. The second-order valence-corrected chi connectivity index (χ2v) is 7.85. The van der Waals surface area contributed by atoms with Gasteiger partial charge in [0.25, 0.3) is 5.91 Å². The Bertz CT molecular complexity index is 863. The number of carbonyl (C=O) groups is 3. The number of halogens is 1. The summed E-state index contributed by atoms with van der Waals surface area (Å²) >= 11 is 5.85. The van der Waals surface area contributed by atoms with Crippen LogP contribution in [0.1, 0.15) is 62.5 Å². The minimum Gasteiger partial charge on any atom is -0.446 e. The summed E-state index contributed by atoms with van der Waals surface area (Å²) in [5.74, 6) is -1.20. The Balaban J connectivity index is 2.16. The number of hydrogen-bond acceptors (Lipinski definition) is 6. The first-order valence-corrected chi connectivity index (χ1v) is 10.2. The fourth-order valence-corrected chi connectivity index (χ4v) is 3.13. The van der Waals surface area contributed by atoms with Crippen molar-refractivity contribution >= 4 is 29.8 Å². The first kappa shape index (κ1) is 23.6. The van der Waals surface area contributed by atoms with Crippen LogP contribution in [0.4, 0.5) is 0 Å². The van der Waals surface area contributed by atoms with Gasteiger partial charge in [0.15, 0.2) is 5.69 Å². The maximum atomic E-state index is 12.8. The second-order valence-electron chi connectivity index (χ2n) is 7.41. The summed E-state index contributed by atoms with van der Waals surface area (Å²) in [6.45, 7) is 5.65. The molecule has 9 nitrogen and oxygen atoms in total. The van der Waals surface area contributed by atoms with Gasteiger partial charge in [-0.25, -0.2) is 10.0 Å². The van der Waals surface area contributed by atoms with Gasteiger partial charge in [-0.1, -0.05) is 45.2 Å². The molecule has 0 saturated heterocycles. The van der Waals surface area contributed by atoms with Gasteiger partial charge < -0.3 is 9.73 Å². The van der Waals surface area contributed by atoms with Crippen molar-refractivity contribution in [3.63, 3.8) is 0 Å². The molecule has 10 heteroatoms. The number of aromatic nitrogens is 2. The number of oxazole rings is 1. The first-order valence-electron chi connectivity index (χ1n) is 9.81. The predicted molar refractivity (Wildman–Crippen MR) is 109 cm³/mol. The molecule has 0 bridgehead atoms. The standard InChI is InChI=1S/C20H27ClN4O5/c1-4-5-6-14(9-25(29)12-26)18(27)23-17(13(2)3)19-22-16(11-30-19)20(28)24-8-7-15(21)10-24/h7-8,10-14,17,29H,4-6,9H2,1-3H3,(H,23,27)/t14-,17+/m1/s1. The molecular formula is C20H27ClN4O5. The minimum absolute atomic E-state index is 0.0836. The number of nitrogens with one attached hydrogen (secondary N) is 1. The van der Waals surface area contributed by atoms with E-state index < -0.39 is 17.9 Å². The number of hydrogen-bond donors (Lipinski definition) is 2. The van der Waals surface area contributed by atoms with Crippen LogP contribution >= 0.6 is 11.6 Å².